The van der Waals surface area contributed by atoms with Gasteiger partial charge in [-0.05, 0) is 6.42 Å². The number of imide groups is 1. The zero-order chi connectivity index (χ0) is 17.3. The molecule has 1 rings (SSSR count). The molecule has 0 aromatic rings. The number of rotatable bonds is 4. The molecule has 1 atom stereocenters. The minimum Gasteiger partial charge on any atom is -0.317 e. The first-order valence-electron chi connectivity index (χ1n) is 6.90. The van der Waals surface area contributed by atoms with E-state index >= 15 is 0 Å². The summed E-state index contributed by atoms with van der Waals surface area (Å²) in [6, 6.07) is -1.16. The van der Waals surface area contributed by atoms with Crippen LogP contribution in [0.2, 0.25) is 0 Å². The molecule has 0 spiro atoms. The van der Waals surface area contributed by atoms with Crippen molar-refractivity contribution in [1.29, 1.82) is 0 Å². The van der Waals surface area contributed by atoms with Crippen LogP contribution in [0.3, 0.4) is 0 Å². The second-order valence-corrected chi connectivity index (χ2v) is 6.19. The van der Waals surface area contributed by atoms with E-state index in [0.29, 0.717) is 17.7 Å². The molecule has 2 N–H and O–H groups in total. The lowest BCUT2D eigenvalue weighted by Crippen LogP contribution is -2.70. The molecule has 0 saturated carbocycles. The first-order chi connectivity index (χ1) is 9.87. The van der Waals surface area contributed by atoms with Gasteiger partial charge in [0.25, 0.3) is 11.6 Å². The Hall–Kier alpha value is -1.80. The van der Waals surface area contributed by atoms with Gasteiger partial charge >= 0.3 is 12.2 Å². The van der Waals surface area contributed by atoms with E-state index in [-0.39, 0.29) is 6.54 Å². The molecule has 1 saturated heterocycles. The molecule has 1 unspecified atom stereocenters. The van der Waals surface area contributed by atoms with Crippen LogP contribution in [0, 0.1) is 5.41 Å². The molecule has 6 nitrogen and oxygen atoms in total. The highest BCUT2D eigenvalue weighted by atomic mass is 19.4. The number of alkyl halides is 3. The van der Waals surface area contributed by atoms with Gasteiger partial charge in [0.05, 0.1) is 0 Å². The van der Waals surface area contributed by atoms with Crippen LogP contribution < -0.4 is 10.6 Å². The predicted molar refractivity (Wildman–Crippen MR) is 71.5 cm³/mol. The summed E-state index contributed by atoms with van der Waals surface area (Å²) in [5.74, 6) is -2.49. The third-order valence-electron chi connectivity index (χ3n) is 3.25. The van der Waals surface area contributed by atoms with E-state index in [1.807, 2.05) is 0 Å². The van der Waals surface area contributed by atoms with E-state index < -0.39 is 35.1 Å². The van der Waals surface area contributed by atoms with Gasteiger partial charge in [0, 0.05) is 12.0 Å². The summed E-state index contributed by atoms with van der Waals surface area (Å²) in [6.07, 6.45) is -4.17. The Bertz CT molecular complexity index is 485. The van der Waals surface area contributed by atoms with Crippen molar-refractivity contribution in [2.24, 2.45) is 5.41 Å². The Morgan fingerprint density at radius 2 is 1.82 bits per heavy atom. The van der Waals surface area contributed by atoms with E-state index in [4.69, 9.17) is 0 Å². The molecule has 9 heteroatoms. The van der Waals surface area contributed by atoms with Crippen molar-refractivity contribution in [3.05, 3.63) is 0 Å². The minimum absolute atomic E-state index is 0.135. The monoisotopic (exact) mass is 323 g/mol. The lowest BCUT2D eigenvalue weighted by atomic mass is 9.94. The van der Waals surface area contributed by atoms with Crippen LogP contribution in [0.1, 0.15) is 40.5 Å². The maximum absolute atomic E-state index is 13.4. The van der Waals surface area contributed by atoms with E-state index in [2.05, 4.69) is 0 Å². The first-order valence-corrected chi connectivity index (χ1v) is 6.90. The summed E-state index contributed by atoms with van der Waals surface area (Å²) < 4.78 is 40.2. The molecule has 1 fully saturated rings. The van der Waals surface area contributed by atoms with Crippen molar-refractivity contribution in [2.45, 2.75) is 52.4 Å². The number of urea groups is 1. The molecular formula is C13H20F3N3O3. The lowest BCUT2D eigenvalue weighted by molar-refractivity contribution is -0.205. The zero-order valence-corrected chi connectivity index (χ0v) is 12.9. The Morgan fingerprint density at radius 3 is 2.23 bits per heavy atom. The highest BCUT2D eigenvalue weighted by molar-refractivity contribution is 6.09. The lowest BCUT2D eigenvalue weighted by Gasteiger charge is -2.32. The molecule has 0 aromatic carbocycles. The van der Waals surface area contributed by atoms with Crippen LogP contribution in [0.15, 0.2) is 0 Å². The summed E-state index contributed by atoms with van der Waals surface area (Å²) in [5, 5.41) is 3.27. The summed E-state index contributed by atoms with van der Waals surface area (Å²) >= 11 is 0. The average Bonchev–Trinajstić information content (AvgIpc) is 2.58. The highest BCUT2D eigenvalue weighted by Gasteiger charge is 2.69. The van der Waals surface area contributed by atoms with Crippen molar-refractivity contribution in [2.75, 3.05) is 6.54 Å². The van der Waals surface area contributed by atoms with Crippen molar-refractivity contribution < 1.29 is 27.6 Å². The van der Waals surface area contributed by atoms with Crippen molar-refractivity contribution >= 4 is 17.8 Å². The number of halogens is 3. The van der Waals surface area contributed by atoms with Crippen molar-refractivity contribution in [3.8, 4) is 0 Å². The van der Waals surface area contributed by atoms with Gasteiger partial charge < -0.3 is 5.32 Å². The van der Waals surface area contributed by atoms with Crippen LogP contribution in [-0.4, -0.2) is 41.1 Å². The SMILES string of the molecule is CCCCN1C(=O)NC(NC(=O)C(C)(C)C)(C(F)(F)F)C1=O. The van der Waals surface area contributed by atoms with E-state index in [1.54, 1.807) is 17.6 Å². The van der Waals surface area contributed by atoms with Gasteiger partial charge in [0.1, 0.15) is 0 Å². The van der Waals surface area contributed by atoms with Gasteiger partial charge in [-0.15, -0.1) is 0 Å². The molecule has 4 amide bonds. The quantitative estimate of drug-likeness (QED) is 0.774. The molecule has 1 aliphatic heterocycles. The molecule has 1 aliphatic rings. The summed E-state index contributed by atoms with van der Waals surface area (Å²) in [7, 11) is 0. The van der Waals surface area contributed by atoms with E-state index in [9.17, 15) is 27.6 Å². The average molecular weight is 323 g/mol. The van der Waals surface area contributed by atoms with Gasteiger partial charge in [-0.3, -0.25) is 19.8 Å². The minimum atomic E-state index is -5.15. The topological polar surface area (TPSA) is 78.5 Å². The van der Waals surface area contributed by atoms with Gasteiger partial charge in [-0.1, -0.05) is 34.1 Å². The number of nitrogens with one attached hydrogen (secondary N) is 2. The van der Waals surface area contributed by atoms with Crippen LogP contribution in [0.4, 0.5) is 18.0 Å². The van der Waals surface area contributed by atoms with Gasteiger partial charge in [0.15, 0.2) is 0 Å². The van der Waals surface area contributed by atoms with E-state index in [0.717, 1.165) is 0 Å². The van der Waals surface area contributed by atoms with E-state index in [1.165, 1.54) is 20.8 Å². The maximum Gasteiger partial charge on any atom is 0.440 e. The molecule has 0 aliphatic carbocycles. The number of unbranched alkanes of at least 4 members (excludes halogenated alkanes) is 1. The molecule has 0 radical (unpaired) electrons. The Morgan fingerprint density at radius 1 is 1.27 bits per heavy atom. The van der Waals surface area contributed by atoms with Crippen LogP contribution >= 0.6 is 0 Å². The number of nitrogens with zero attached hydrogens (tertiary/aromatic N) is 1. The third-order valence-corrected chi connectivity index (χ3v) is 3.25. The normalized spacial score (nSPS) is 22.8. The Kier molecular flexibility index (Phi) is 4.79. The summed E-state index contributed by atoms with van der Waals surface area (Å²) in [6.45, 7) is 5.86. The van der Waals surface area contributed by atoms with Crippen molar-refractivity contribution in [3.63, 3.8) is 0 Å². The number of hydrogen-bond donors (Lipinski definition) is 2. The number of carbonyl (C=O) groups excluding carboxylic acids is 3. The number of carbonyl (C=O) groups is 3. The van der Waals surface area contributed by atoms with Gasteiger partial charge in [-0.2, -0.15) is 13.2 Å². The second kappa shape index (κ2) is 5.77. The second-order valence-electron chi connectivity index (χ2n) is 6.19. The Labute approximate surface area is 126 Å². The summed E-state index contributed by atoms with van der Waals surface area (Å²) in [5.41, 5.74) is -4.55. The van der Waals surface area contributed by atoms with Crippen LogP contribution in [0.25, 0.3) is 0 Å². The molecule has 0 bridgehead atoms. The Balaban J connectivity index is 3.18. The predicted octanol–water partition coefficient (Wildman–Crippen LogP) is 1.76. The number of amides is 4. The maximum atomic E-state index is 13.4. The fourth-order valence-electron chi connectivity index (χ4n) is 1.80. The number of hydrogen-bond acceptors (Lipinski definition) is 3. The highest BCUT2D eigenvalue weighted by Crippen LogP contribution is 2.34. The molecule has 0 aromatic heterocycles. The first kappa shape index (κ1) is 18.2. The van der Waals surface area contributed by atoms with Gasteiger partial charge in [-0.25, -0.2) is 4.79 Å². The molecule has 1 heterocycles. The fourth-order valence-corrected chi connectivity index (χ4v) is 1.80. The van der Waals surface area contributed by atoms with Crippen molar-refractivity contribution in [1.82, 2.24) is 15.5 Å². The molecular weight excluding hydrogens is 303 g/mol. The third kappa shape index (κ3) is 3.17. The molecule has 22 heavy (non-hydrogen) atoms. The summed E-state index contributed by atoms with van der Waals surface area (Å²) in [4.78, 5) is 36.3. The van der Waals surface area contributed by atoms with Gasteiger partial charge in [0.2, 0.25) is 5.91 Å². The molecule has 126 valence electrons. The van der Waals surface area contributed by atoms with Crippen LogP contribution in [-0.2, 0) is 9.59 Å². The van der Waals surface area contributed by atoms with Crippen LogP contribution in [0.5, 0.6) is 0 Å². The largest absolute Gasteiger partial charge is 0.440 e. The zero-order valence-electron chi connectivity index (χ0n) is 12.9. The standard InChI is InChI=1S/C13H20F3N3O3/c1-5-6-7-19-9(21)12(13(14,15)16,18-10(19)22)17-8(20)11(2,3)4/h5-7H2,1-4H3,(H,17,20)(H,18,22). The smallest absolute Gasteiger partial charge is 0.317 e. The fraction of sp³-hybridized carbons (Fsp3) is 0.769.